The van der Waals surface area contributed by atoms with Crippen molar-refractivity contribution in [2.45, 2.75) is 51.5 Å². The Morgan fingerprint density at radius 3 is 2.62 bits per heavy atom. The van der Waals surface area contributed by atoms with Crippen LogP contribution in [0.2, 0.25) is 0 Å². The summed E-state index contributed by atoms with van der Waals surface area (Å²) in [5, 5.41) is 3.15. The molecule has 2 rings (SSSR count). The average Bonchev–Trinajstić information content (AvgIpc) is 2.61. The van der Waals surface area contributed by atoms with Gasteiger partial charge in [-0.05, 0) is 50.8 Å². The second-order valence-corrected chi connectivity index (χ2v) is 6.29. The van der Waals surface area contributed by atoms with Crippen molar-refractivity contribution in [1.29, 1.82) is 0 Å². The predicted octanol–water partition coefficient (Wildman–Crippen LogP) is 2.88. The van der Waals surface area contributed by atoms with Crippen molar-refractivity contribution in [3.63, 3.8) is 0 Å². The van der Waals surface area contributed by atoms with Crippen molar-refractivity contribution in [1.82, 2.24) is 5.32 Å². The van der Waals surface area contributed by atoms with Crippen molar-refractivity contribution in [3.05, 3.63) is 24.3 Å². The fourth-order valence-corrected chi connectivity index (χ4v) is 3.22. The third kappa shape index (κ3) is 5.71. The Morgan fingerprint density at radius 2 is 1.92 bits per heavy atom. The zero-order valence-electron chi connectivity index (χ0n) is 14.6. The minimum absolute atomic E-state index is 0.0991. The summed E-state index contributed by atoms with van der Waals surface area (Å²) in [6, 6.07) is 7.86. The van der Waals surface area contributed by atoms with Gasteiger partial charge < -0.3 is 20.5 Å². The molecule has 2 unspecified atom stereocenters. The number of rotatable bonds is 9. The fourth-order valence-electron chi connectivity index (χ4n) is 3.22. The van der Waals surface area contributed by atoms with Crippen molar-refractivity contribution in [2.75, 3.05) is 19.8 Å². The van der Waals surface area contributed by atoms with E-state index in [2.05, 4.69) is 5.32 Å². The van der Waals surface area contributed by atoms with E-state index < -0.39 is 0 Å². The zero-order chi connectivity index (χ0) is 17.2. The smallest absolute Gasteiger partial charge is 0.220 e. The normalized spacial score (nSPS) is 20.4. The van der Waals surface area contributed by atoms with Gasteiger partial charge in [-0.25, -0.2) is 0 Å². The van der Waals surface area contributed by atoms with Crippen LogP contribution in [0.15, 0.2) is 24.3 Å². The number of carbonyl (C=O) groups excluding carboxylic acids is 1. The largest absolute Gasteiger partial charge is 0.490 e. The molecule has 5 heteroatoms. The van der Waals surface area contributed by atoms with Crippen LogP contribution in [0.25, 0.3) is 0 Å². The molecule has 5 nitrogen and oxygen atoms in total. The number of ether oxygens (including phenoxy) is 2. The second kappa shape index (κ2) is 10.2. The Kier molecular flexibility index (Phi) is 7.89. The van der Waals surface area contributed by atoms with Crippen molar-refractivity contribution in [3.8, 4) is 11.5 Å². The van der Waals surface area contributed by atoms with Gasteiger partial charge in [0.1, 0.15) is 0 Å². The van der Waals surface area contributed by atoms with Crippen LogP contribution in [0.5, 0.6) is 11.5 Å². The van der Waals surface area contributed by atoms with Gasteiger partial charge in [0.05, 0.1) is 13.2 Å². The van der Waals surface area contributed by atoms with Crippen molar-refractivity contribution < 1.29 is 14.3 Å². The van der Waals surface area contributed by atoms with Crippen LogP contribution in [0.4, 0.5) is 0 Å². The molecule has 0 saturated heterocycles. The highest BCUT2D eigenvalue weighted by Crippen LogP contribution is 2.26. The molecule has 0 radical (unpaired) electrons. The summed E-state index contributed by atoms with van der Waals surface area (Å²) in [5.74, 6) is 2.01. The van der Waals surface area contributed by atoms with Crippen molar-refractivity contribution in [2.24, 2.45) is 11.7 Å². The van der Waals surface area contributed by atoms with Gasteiger partial charge in [-0.15, -0.1) is 0 Å². The van der Waals surface area contributed by atoms with Crippen LogP contribution in [-0.4, -0.2) is 31.7 Å². The molecule has 1 aromatic carbocycles. The molecule has 0 aliphatic heterocycles. The lowest BCUT2D eigenvalue weighted by molar-refractivity contribution is -0.122. The topological polar surface area (TPSA) is 73.6 Å². The van der Waals surface area contributed by atoms with Crippen LogP contribution >= 0.6 is 0 Å². The first-order valence-electron chi connectivity index (χ1n) is 9.08. The Balaban J connectivity index is 1.69. The summed E-state index contributed by atoms with van der Waals surface area (Å²) in [4.78, 5) is 12.1. The third-order valence-electron chi connectivity index (χ3n) is 4.51. The van der Waals surface area contributed by atoms with E-state index in [4.69, 9.17) is 15.2 Å². The highest BCUT2D eigenvalue weighted by molar-refractivity contribution is 5.76. The predicted molar refractivity (Wildman–Crippen MR) is 95.3 cm³/mol. The maximum atomic E-state index is 12.1. The summed E-state index contributed by atoms with van der Waals surface area (Å²) in [5.41, 5.74) is 5.81. The summed E-state index contributed by atoms with van der Waals surface area (Å²) < 4.78 is 11.3. The summed E-state index contributed by atoms with van der Waals surface area (Å²) in [6.45, 7) is 3.71. The molecule has 24 heavy (non-hydrogen) atoms. The van der Waals surface area contributed by atoms with E-state index in [9.17, 15) is 4.79 Å². The first-order valence-corrected chi connectivity index (χ1v) is 9.08. The number of para-hydroxylation sites is 2. The molecule has 1 aliphatic carbocycles. The van der Waals surface area contributed by atoms with Crippen molar-refractivity contribution >= 4 is 5.91 Å². The minimum atomic E-state index is 0.0991. The molecule has 1 aliphatic rings. The van der Waals surface area contributed by atoms with Gasteiger partial charge in [-0.1, -0.05) is 25.0 Å². The van der Waals surface area contributed by atoms with Crippen LogP contribution < -0.4 is 20.5 Å². The van der Waals surface area contributed by atoms with E-state index in [0.29, 0.717) is 38.5 Å². The molecule has 1 saturated carbocycles. The number of nitrogens with two attached hydrogens (primary N) is 1. The molecule has 1 aromatic rings. The zero-order valence-corrected chi connectivity index (χ0v) is 14.6. The molecule has 2 atom stereocenters. The quantitative estimate of drug-likeness (QED) is 0.681. The molecule has 0 spiro atoms. The SMILES string of the molecule is CCOc1ccccc1OCCCC(=O)NC1CCCCC1CN. The lowest BCUT2D eigenvalue weighted by Gasteiger charge is -2.31. The highest BCUT2D eigenvalue weighted by atomic mass is 16.5. The molecule has 0 aromatic heterocycles. The number of amides is 1. The average molecular weight is 334 g/mol. The van der Waals surface area contributed by atoms with Gasteiger partial charge in [0.2, 0.25) is 5.91 Å². The van der Waals surface area contributed by atoms with Gasteiger partial charge in [-0.2, -0.15) is 0 Å². The van der Waals surface area contributed by atoms with Crippen LogP contribution in [0.1, 0.15) is 45.4 Å². The van der Waals surface area contributed by atoms with E-state index in [1.54, 1.807) is 0 Å². The molecular formula is C19H30N2O3. The lowest BCUT2D eigenvalue weighted by Crippen LogP contribution is -2.44. The Morgan fingerprint density at radius 1 is 1.21 bits per heavy atom. The highest BCUT2D eigenvalue weighted by Gasteiger charge is 2.24. The number of benzene rings is 1. The summed E-state index contributed by atoms with van der Waals surface area (Å²) >= 11 is 0. The Hall–Kier alpha value is -1.75. The Bertz CT molecular complexity index is 507. The van der Waals surface area contributed by atoms with Crippen LogP contribution in [0, 0.1) is 5.92 Å². The van der Waals surface area contributed by atoms with Crippen LogP contribution in [0.3, 0.4) is 0 Å². The fraction of sp³-hybridized carbons (Fsp3) is 0.632. The lowest BCUT2D eigenvalue weighted by atomic mass is 9.84. The van der Waals surface area contributed by atoms with E-state index >= 15 is 0 Å². The first kappa shape index (κ1) is 18.6. The number of hydrogen-bond donors (Lipinski definition) is 2. The van der Waals surface area contributed by atoms with Crippen LogP contribution in [-0.2, 0) is 4.79 Å². The molecule has 0 bridgehead atoms. The van der Waals surface area contributed by atoms with Gasteiger partial charge in [0.25, 0.3) is 0 Å². The number of nitrogens with one attached hydrogen (secondary N) is 1. The first-order chi connectivity index (χ1) is 11.7. The second-order valence-electron chi connectivity index (χ2n) is 6.29. The van der Waals surface area contributed by atoms with Gasteiger partial charge in [-0.3, -0.25) is 4.79 Å². The third-order valence-corrected chi connectivity index (χ3v) is 4.51. The monoisotopic (exact) mass is 334 g/mol. The van der Waals surface area contributed by atoms with Gasteiger partial charge in [0.15, 0.2) is 11.5 Å². The standard InChI is InChI=1S/C19H30N2O3/c1-2-23-17-10-5-6-11-18(17)24-13-7-12-19(22)21-16-9-4-3-8-15(16)14-20/h5-6,10-11,15-16H,2-4,7-9,12-14,20H2,1H3,(H,21,22). The number of carbonyl (C=O) groups is 1. The molecular weight excluding hydrogens is 304 g/mol. The van der Waals surface area contributed by atoms with E-state index in [-0.39, 0.29) is 11.9 Å². The summed E-state index contributed by atoms with van der Waals surface area (Å²) in [7, 11) is 0. The van der Waals surface area contributed by atoms with E-state index in [1.807, 2.05) is 31.2 Å². The maximum absolute atomic E-state index is 12.1. The minimum Gasteiger partial charge on any atom is -0.490 e. The van der Waals surface area contributed by atoms with Gasteiger partial charge in [0, 0.05) is 12.5 Å². The Labute approximate surface area is 144 Å². The van der Waals surface area contributed by atoms with Gasteiger partial charge >= 0.3 is 0 Å². The molecule has 134 valence electrons. The molecule has 0 heterocycles. The molecule has 3 N–H and O–H groups in total. The van der Waals surface area contributed by atoms with E-state index in [0.717, 1.165) is 24.3 Å². The number of hydrogen-bond acceptors (Lipinski definition) is 4. The van der Waals surface area contributed by atoms with E-state index in [1.165, 1.54) is 12.8 Å². The summed E-state index contributed by atoms with van der Waals surface area (Å²) in [6.07, 6.45) is 5.74. The molecule has 1 amide bonds. The molecule has 1 fully saturated rings. The maximum Gasteiger partial charge on any atom is 0.220 e.